The number of sulfonamides is 1. The zero-order chi connectivity index (χ0) is 21.2. The molecule has 168 valence electrons. The van der Waals surface area contributed by atoms with Gasteiger partial charge in [0.15, 0.2) is 0 Å². The molecule has 6 unspecified atom stereocenters. The van der Waals surface area contributed by atoms with Crippen LogP contribution in [-0.2, 0) is 14.8 Å². The molecule has 2 aliphatic heterocycles. The van der Waals surface area contributed by atoms with Crippen molar-refractivity contribution in [2.24, 2.45) is 11.8 Å². The third-order valence-electron chi connectivity index (χ3n) is 5.94. The van der Waals surface area contributed by atoms with Gasteiger partial charge in [-0.1, -0.05) is 0 Å². The third-order valence-corrected chi connectivity index (χ3v) is 7.94. The highest BCUT2D eigenvalue weighted by atomic mass is 35.5. The smallest absolute Gasteiger partial charge is 0.241 e. The predicted molar refractivity (Wildman–Crippen MR) is 106 cm³/mol. The molecule has 3 rings (SSSR count). The number of carbonyl (C=O) groups is 1. The standard InChI is InChI=1S/C16H30ClFN6O4S/c1-23-8-14(19-9-23)10-4-12(15(18)13(17)5-10)16(26)21-22-29(27,28)11-6-20-24(7-11)2-3-25/h10-15,19-20,22,25H,2-9H2,1H3,(H,21,26). The van der Waals surface area contributed by atoms with E-state index in [0.29, 0.717) is 19.4 Å². The molecule has 1 saturated carbocycles. The van der Waals surface area contributed by atoms with Crippen molar-refractivity contribution in [3.05, 3.63) is 0 Å². The summed E-state index contributed by atoms with van der Waals surface area (Å²) < 4.78 is 39.5. The Balaban J connectivity index is 1.56. The molecular weight excluding hydrogens is 427 g/mol. The summed E-state index contributed by atoms with van der Waals surface area (Å²) in [6.45, 7) is 2.06. The quantitative estimate of drug-likeness (QED) is 0.219. The highest BCUT2D eigenvalue weighted by Gasteiger charge is 2.44. The van der Waals surface area contributed by atoms with Crippen LogP contribution in [0.4, 0.5) is 4.39 Å². The molecule has 5 N–H and O–H groups in total. The van der Waals surface area contributed by atoms with Gasteiger partial charge < -0.3 is 5.11 Å². The molecule has 0 aromatic carbocycles. The van der Waals surface area contributed by atoms with Crippen molar-refractivity contribution >= 4 is 27.5 Å². The molecule has 10 nitrogen and oxygen atoms in total. The number of likely N-dealkylation sites (N-methyl/N-ethyl adjacent to an activating group) is 1. The third kappa shape index (κ3) is 5.56. The number of β-amino-alcohol motifs (C(OH)–C–C–N with tert-alkyl or cyclic N) is 1. The lowest BCUT2D eigenvalue weighted by Gasteiger charge is -2.37. The Morgan fingerprint density at radius 3 is 2.76 bits per heavy atom. The summed E-state index contributed by atoms with van der Waals surface area (Å²) >= 11 is 6.19. The van der Waals surface area contributed by atoms with E-state index >= 15 is 0 Å². The van der Waals surface area contributed by atoms with Crippen LogP contribution in [0.5, 0.6) is 0 Å². The number of hydrogen-bond donors (Lipinski definition) is 5. The largest absolute Gasteiger partial charge is 0.395 e. The maximum absolute atomic E-state index is 14.6. The number of aliphatic hydroxyl groups is 1. The molecule has 0 aromatic heterocycles. The maximum atomic E-state index is 14.6. The minimum atomic E-state index is -3.85. The van der Waals surface area contributed by atoms with Crippen LogP contribution in [0.25, 0.3) is 0 Å². The lowest BCUT2D eigenvalue weighted by Crippen LogP contribution is -2.53. The summed E-state index contributed by atoms with van der Waals surface area (Å²) in [6, 6.07) is 0.128. The summed E-state index contributed by atoms with van der Waals surface area (Å²) in [5.74, 6) is -1.69. The van der Waals surface area contributed by atoms with E-state index in [9.17, 15) is 17.6 Å². The molecule has 0 radical (unpaired) electrons. The monoisotopic (exact) mass is 456 g/mol. The summed E-state index contributed by atoms with van der Waals surface area (Å²) in [4.78, 5) is 16.8. The summed E-state index contributed by atoms with van der Waals surface area (Å²) in [5.41, 5.74) is 5.06. The Hall–Kier alpha value is -0.600. The van der Waals surface area contributed by atoms with Crippen LogP contribution < -0.4 is 21.0 Å². The molecule has 2 saturated heterocycles. The lowest BCUT2D eigenvalue weighted by molar-refractivity contribution is -0.129. The van der Waals surface area contributed by atoms with Crippen LogP contribution in [0.15, 0.2) is 0 Å². The fourth-order valence-electron chi connectivity index (χ4n) is 4.26. The first-order chi connectivity index (χ1) is 13.7. The van der Waals surface area contributed by atoms with Gasteiger partial charge in [-0.15, -0.1) is 16.4 Å². The number of hydrazine groups is 2. The first kappa shape index (κ1) is 23.1. The fraction of sp³-hybridized carbons (Fsp3) is 0.938. The van der Waals surface area contributed by atoms with Gasteiger partial charge in [-0.2, -0.15) is 0 Å². The van der Waals surface area contributed by atoms with E-state index in [-0.39, 0.29) is 31.7 Å². The number of amides is 1. The van der Waals surface area contributed by atoms with E-state index in [2.05, 4.69) is 25.9 Å². The molecule has 29 heavy (non-hydrogen) atoms. The second-order valence-corrected chi connectivity index (χ2v) is 10.6. The number of hydrogen-bond acceptors (Lipinski definition) is 8. The van der Waals surface area contributed by atoms with E-state index in [1.54, 1.807) is 5.01 Å². The number of rotatable bonds is 7. The number of alkyl halides is 2. The minimum absolute atomic E-state index is 0.0351. The zero-order valence-electron chi connectivity index (χ0n) is 16.4. The van der Waals surface area contributed by atoms with Gasteiger partial charge in [-0.25, -0.2) is 17.8 Å². The van der Waals surface area contributed by atoms with Crippen molar-refractivity contribution in [3.63, 3.8) is 0 Å². The molecule has 6 atom stereocenters. The Bertz CT molecular complexity index is 688. The zero-order valence-corrected chi connectivity index (χ0v) is 17.9. The normalized spacial score (nSPS) is 37.1. The summed E-state index contributed by atoms with van der Waals surface area (Å²) in [5, 5.41) is 12.3. The number of halogens is 2. The maximum Gasteiger partial charge on any atom is 0.241 e. The summed E-state index contributed by atoms with van der Waals surface area (Å²) in [6.07, 6.45) is -0.763. The SMILES string of the molecule is CN1CNC(C2CC(Cl)C(F)C(C(=O)NNS(=O)(=O)C3CNN(CCO)C3)C2)C1. The Labute approximate surface area is 175 Å². The number of aliphatic hydroxyl groups excluding tert-OH is 1. The molecule has 1 aliphatic carbocycles. The van der Waals surface area contributed by atoms with Crippen LogP contribution in [0.3, 0.4) is 0 Å². The van der Waals surface area contributed by atoms with Crippen molar-refractivity contribution in [2.75, 3.05) is 46.5 Å². The predicted octanol–water partition coefficient (Wildman–Crippen LogP) is -2.05. The first-order valence-corrected chi connectivity index (χ1v) is 11.8. The van der Waals surface area contributed by atoms with Crippen molar-refractivity contribution in [1.82, 2.24) is 30.9 Å². The van der Waals surface area contributed by atoms with Gasteiger partial charge in [0.2, 0.25) is 15.9 Å². The topological polar surface area (TPSA) is 126 Å². The van der Waals surface area contributed by atoms with Gasteiger partial charge in [0.25, 0.3) is 0 Å². The fourth-order valence-corrected chi connectivity index (χ4v) is 5.74. The summed E-state index contributed by atoms with van der Waals surface area (Å²) in [7, 11) is -1.88. The van der Waals surface area contributed by atoms with E-state index in [1.165, 1.54) is 0 Å². The van der Waals surface area contributed by atoms with Crippen LogP contribution in [-0.4, -0.2) is 98.7 Å². The Morgan fingerprint density at radius 2 is 2.10 bits per heavy atom. The average Bonchev–Trinajstić information content (AvgIpc) is 3.32. The number of nitrogens with one attached hydrogen (secondary N) is 4. The van der Waals surface area contributed by atoms with Crippen LogP contribution >= 0.6 is 11.6 Å². The molecule has 13 heteroatoms. The molecule has 0 spiro atoms. The van der Waals surface area contributed by atoms with Gasteiger partial charge in [0.1, 0.15) is 11.4 Å². The van der Waals surface area contributed by atoms with Crippen molar-refractivity contribution in [1.29, 1.82) is 0 Å². The van der Waals surface area contributed by atoms with Crippen LogP contribution in [0.1, 0.15) is 12.8 Å². The second-order valence-electron chi connectivity index (χ2n) is 8.10. The molecule has 3 aliphatic rings. The van der Waals surface area contributed by atoms with E-state index in [4.69, 9.17) is 16.7 Å². The molecule has 1 amide bonds. The first-order valence-electron chi connectivity index (χ1n) is 9.81. The molecular formula is C16H30ClFN6O4S. The van der Waals surface area contributed by atoms with Crippen molar-refractivity contribution < 1.29 is 22.7 Å². The van der Waals surface area contributed by atoms with Gasteiger partial charge in [-0.3, -0.25) is 25.9 Å². The average molecular weight is 457 g/mol. The Morgan fingerprint density at radius 1 is 1.34 bits per heavy atom. The highest BCUT2D eigenvalue weighted by Crippen LogP contribution is 2.37. The second kappa shape index (κ2) is 9.69. The number of carbonyl (C=O) groups excluding carboxylic acids is 1. The highest BCUT2D eigenvalue weighted by molar-refractivity contribution is 7.90. The molecule has 3 fully saturated rings. The van der Waals surface area contributed by atoms with Gasteiger partial charge >= 0.3 is 0 Å². The van der Waals surface area contributed by atoms with Crippen LogP contribution in [0, 0.1) is 11.8 Å². The Kier molecular flexibility index (Phi) is 7.71. The van der Waals surface area contributed by atoms with Gasteiger partial charge in [0, 0.05) is 38.9 Å². The van der Waals surface area contributed by atoms with E-state index in [0.717, 1.165) is 13.2 Å². The molecule has 2 heterocycles. The molecule has 0 aromatic rings. The van der Waals surface area contributed by atoms with Crippen molar-refractivity contribution in [3.8, 4) is 0 Å². The molecule has 0 bridgehead atoms. The minimum Gasteiger partial charge on any atom is -0.395 e. The number of nitrogens with zero attached hydrogens (tertiary/aromatic N) is 2. The van der Waals surface area contributed by atoms with Crippen molar-refractivity contribution in [2.45, 2.75) is 35.7 Å². The lowest BCUT2D eigenvalue weighted by atomic mass is 9.76. The van der Waals surface area contributed by atoms with Gasteiger partial charge in [-0.05, 0) is 25.8 Å². The van der Waals surface area contributed by atoms with Gasteiger partial charge in [0.05, 0.1) is 17.9 Å². The van der Waals surface area contributed by atoms with Crippen LogP contribution in [0.2, 0.25) is 0 Å². The van der Waals surface area contributed by atoms with E-state index in [1.807, 2.05) is 7.05 Å². The van der Waals surface area contributed by atoms with E-state index < -0.39 is 38.6 Å².